The molecule has 1 aromatic rings. The van der Waals surface area contributed by atoms with E-state index in [4.69, 9.17) is 9.47 Å². The van der Waals surface area contributed by atoms with Crippen molar-refractivity contribution in [3.05, 3.63) is 29.8 Å². The lowest BCUT2D eigenvalue weighted by Gasteiger charge is -2.37. The first-order chi connectivity index (χ1) is 11.4. The summed E-state index contributed by atoms with van der Waals surface area (Å²) in [4.78, 5) is 16.0. The number of aliphatic hydroxyl groups excluding tert-OH is 2. The lowest BCUT2D eigenvalue weighted by molar-refractivity contribution is -0.122. The molecule has 0 spiro atoms. The van der Waals surface area contributed by atoms with Crippen molar-refractivity contribution in [3.8, 4) is 5.75 Å². The fourth-order valence-electron chi connectivity index (χ4n) is 2.50. The number of carbonyl (C=O) groups excluding carboxylic acids is 1. The topological polar surface area (TPSA) is 82.5 Å². The summed E-state index contributed by atoms with van der Waals surface area (Å²) in [6.45, 7) is 1.67. The largest absolute Gasteiger partial charge is 0.492 e. The van der Waals surface area contributed by atoms with E-state index < -0.39 is 18.2 Å². The zero-order valence-corrected chi connectivity index (χ0v) is 14.4. The Kier molecular flexibility index (Phi) is 6.56. The van der Waals surface area contributed by atoms with Gasteiger partial charge in [0.05, 0.1) is 19.3 Å². The quantitative estimate of drug-likeness (QED) is 0.749. The molecule has 0 bridgehead atoms. The van der Waals surface area contributed by atoms with Crippen LogP contribution in [0.15, 0.2) is 24.3 Å². The molecule has 1 aromatic carbocycles. The zero-order chi connectivity index (χ0) is 17.7. The molecule has 1 saturated heterocycles. The van der Waals surface area contributed by atoms with Crippen molar-refractivity contribution in [1.29, 1.82) is 0 Å². The standard InChI is InChI=1S/C17H26N2O5/c1-18(2)8-9-24-13-6-4-12(5-7-13)17(22)19(3)14-10-23-11-15(20)16(14)21/h4-7,14-16,20-21H,8-11H2,1-3H3/t14-,15-,16+/m1/s1. The van der Waals surface area contributed by atoms with E-state index in [1.54, 1.807) is 31.3 Å². The molecule has 0 aliphatic carbocycles. The first-order valence-electron chi connectivity index (χ1n) is 7.98. The second-order valence-electron chi connectivity index (χ2n) is 6.25. The van der Waals surface area contributed by atoms with Crippen molar-refractivity contribution < 1.29 is 24.5 Å². The molecule has 2 rings (SSSR count). The van der Waals surface area contributed by atoms with Gasteiger partial charge in [0, 0.05) is 19.2 Å². The Hall–Kier alpha value is -1.67. The maximum Gasteiger partial charge on any atom is 0.254 e. The third-order valence-corrected chi connectivity index (χ3v) is 4.09. The number of nitrogens with zero attached hydrogens (tertiary/aromatic N) is 2. The van der Waals surface area contributed by atoms with Crippen LogP contribution in [0, 0.1) is 0 Å². The van der Waals surface area contributed by atoms with Crippen molar-refractivity contribution in [1.82, 2.24) is 9.80 Å². The van der Waals surface area contributed by atoms with Crippen molar-refractivity contribution >= 4 is 5.91 Å². The van der Waals surface area contributed by atoms with Crippen LogP contribution in [0.25, 0.3) is 0 Å². The average molecular weight is 338 g/mol. The Morgan fingerprint density at radius 1 is 1.21 bits per heavy atom. The van der Waals surface area contributed by atoms with E-state index in [1.165, 1.54) is 4.90 Å². The minimum Gasteiger partial charge on any atom is -0.492 e. The highest BCUT2D eigenvalue weighted by atomic mass is 16.5. The molecule has 0 aromatic heterocycles. The van der Waals surface area contributed by atoms with Crippen molar-refractivity contribution in [2.24, 2.45) is 0 Å². The third kappa shape index (κ3) is 4.67. The van der Waals surface area contributed by atoms with E-state index in [9.17, 15) is 15.0 Å². The first-order valence-corrected chi connectivity index (χ1v) is 7.98. The summed E-state index contributed by atoms with van der Waals surface area (Å²) in [5, 5.41) is 19.7. The second-order valence-corrected chi connectivity index (χ2v) is 6.25. The van der Waals surface area contributed by atoms with Crippen LogP contribution >= 0.6 is 0 Å². The normalized spacial score (nSPS) is 24.0. The van der Waals surface area contributed by atoms with Gasteiger partial charge in [-0.05, 0) is 38.4 Å². The summed E-state index contributed by atoms with van der Waals surface area (Å²) in [5.74, 6) is 0.462. The summed E-state index contributed by atoms with van der Waals surface area (Å²) in [7, 11) is 5.54. The average Bonchev–Trinajstić information content (AvgIpc) is 2.56. The molecule has 0 unspecified atom stereocenters. The van der Waals surface area contributed by atoms with Crippen LogP contribution in [0.1, 0.15) is 10.4 Å². The highest BCUT2D eigenvalue weighted by Crippen LogP contribution is 2.18. The van der Waals surface area contributed by atoms with Gasteiger partial charge in [-0.2, -0.15) is 0 Å². The highest BCUT2D eigenvalue weighted by Gasteiger charge is 2.36. The maximum absolute atomic E-state index is 12.5. The number of likely N-dealkylation sites (N-methyl/N-ethyl adjacent to an activating group) is 2. The van der Waals surface area contributed by atoms with Crippen LogP contribution < -0.4 is 4.74 Å². The van der Waals surface area contributed by atoms with Gasteiger partial charge in [-0.15, -0.1) is 0 Å². The predicted octanol–water partition coefficient (Wildman–Crippen LogP) is -0.180. The Bertz CT molecular complexity index is 534. The van der Waals surface area contributed by atoms with E-state index in [0.29, 0.717) is 17.9 Å². The molecule has 1 aliphatic heterocycles. The van der Waals surface area contributed by atoms with Gasteiger partial charge in [-0.25, -0.2) is 0 Å². The van der Waals surface area contributed by atoms with E-state index in [1.807, 2.05) is 19.0 Å². The van der Waals surface area contributed by atoms with Gasteiger partial charge in [0.2, 0.25) is 0 Å². The fourth-order valence-corrected chi connectivity index (χ4v) is 2.50. The Morgan fingerprint density at radius 2 is 1.88 bits per heavy atom. The Morgan fingerprint density at radius 3 is 2.50 bits per heavy atom. The van der Waals surface area contributed by atoms with Gasteiger partial charge in [0.1, 0.15) is 24.6 Å². The minimum atomic E-state index is -1.01. The lowest BCUT2D eigenvalue weighted by atomic mass is 10.0. The molecule has 24 heavy (non-hydrogen) atoms. The molecular formula is C17H26N2O5. The van der Waals surface area contributed by atoms with Crippen LogP contribution in [0.3, 0.4) is 0 Å². The van der Waals surface area contributed by atoms with Crippen molar-refractivity contribution in [3.63, 3.8) is 0 Å². The van der Waals surface area contributed by atoms with Gasteiger partial charge in [-0.1, -0.05) is 0 Å². The molecule has 2 N–H and O–H groups in total. The molecule has 0 saturated carbocycles. The lowest BCUT2D eigenvalue weighted by Crippen LogP contribution is -2.56. The van der Waals surface area contributed by atoms with Crippen molar-refractivity contribution in [2.45, 2.75) is 18.2 Å². The Labute approximate surface area is 142 Å². The molecule has 134 valence electrons. The van der Waals surface area contributed by atoms with Gasteiger partial charge >= 0.3 is 0 Å². The number of carbonyl (C=O) groups is 1. The van der Waals surface area contributed by atoms with Gasteiger partial charge in [-0.3, -0.25) is 4.79 Å². The maximum atomic E-state index is 12.5. The Balaban J connectivity index is 1.96. The van der Waals surface area contributed by atoms with Gasteiger partial charge < -0.3 is 29.5 Å². The molecule has 0 radical (unpaired) electrons. The first kappa shape index (κ1) is 18.7. The molecule has 1 heterocycles. The predicted molar refractivity (Wildman–Crippen MR) is 89.2 cm³/mol. The van der Waals surface area contributed by atoms with Crippen LogP contribution in [-0.4, -0.2) is 91.7 Å². The summed E-state index contributed by atoms with van der Waals surface area (Å²) in [6, 6.07) is 6.31. The van der Waals surface area contributed by atoms with Crippen LogP contribution in [0.4, 0.5) is 0 Å². The molecule has 3 atom stereocenters. The van der Waals surface area contributed by atoms with E-state index in [-0.39, 0.29) is 19.1 Å². The fraction of sp³-hybridized carbons (Fsp3) is 0.588. The smallest absolute Gasteiger partial charge is 0.254 e. The molecule has 1 amide bonds. The monoisotopic (exact) mass is 338 g/mol. The SMILES string of the molecule is CN(C)CCOc1ccc(C(=O)N(C)[C@@H]2COC[C@@H](O)[C@H]2O)cc1. The summed E-state index contributed by atoms with van der Waals surface area (Å²) >= 11 is 0. The molecule has 1 fully saturated rings. The highest BCUT2D eigenvalue weighted by molar-refractivity contribution is 5.94. The van der Waals surface area contributed by atoms with E-state index in [0.717, 1.165) is 6.54 Å². The molecule has 7 nitrogen and oxygen atoms in total. The van der Waals surface area contributed by atoms with Gasteiger partial charge in [0.15, 0.2) is 0 Å². The number of benzene rings is 1. The number of aliphatic hydroxyl groups is 2. The molecule has 7 heteroatoms. The second kappa shape index (κ2) is 8.43. The van der Waals surface area contributed by atoms with Crippen LogP contribution in [0.2, 0.25) is 0 Å². The van der Waals surface area contributed by atoms with Crippen molar-refractivity contribution in [2.75, 3.05) is 47.5 Å². The zero-order valence-electron chi connectivity index (χ0n) is 14.4. The van der Waals surface area contributed by atoms with Crippen LogP contribution in [0.5, 0.6) is 5.75 Å². The number of ether oxygens (including phenoxy) is 2. The minimum absolute atomic E-state index is 0.0820. The number of hydrogen-bond acceptors (Lipinski definition) is 6. The molecular weight excluding hydrogens is 312 g/mol. The van der Waals surface area contributed by atoms with E-state index in [2.05, 4.69) is 0 Å². The third-order valence-electron chi connectivity index (χ3n) is 4.09. The number of rotatable bonds is 6. The number of hydrogen-bond donors (Lipinski definition) is 2. The van der Waals surface area contributed by atoms with Crippen LogP contribution in [-0.2, 0) is 4.74 Å². The summed E-state index contributed by atoms with van der Waals surface area (Å²) in [6.07, 6.45) is -1.99. The molecule has 1 aliphatic rings. The van der Waals surface area contributed by atoms with Gasteiger partial charge in [0.25, 0.3) is 5.91 Å². The summed E-state index contributed by atoms with van der Waals surface area (Å²) in [5.41, 5.74) is 0.490. The van der Waals surface area contributed by atoms with E-state index >= 15 is 0 Å². The summed E-state index contributed by atoms with van der Waals surface area (Å²) < 4.78 is 10.8. The number of amides is 1.